The maximum atomic E-state index is 12.1. The number of carbonyl (C=O) groups excluding carboxylic acids is 2. The van der Waals surface area contributed by atoms with E-state index in [1.807, 2.05) is 24.3 Å². The molecule has 2 amide bonds. The molecule has 2 rings (SSSR count). The Hall–Kier alpha value is -1.59. The van der Waals surface area contributed by atoms with Crippen molar-refractivity contribution in [3.05, 3.63) is 34.9 Å². The van der Waals surface area contributed by atoms with Gasteiger partial charge in [0.25, 0.3) is 0 Å². The van der Waals surface area contributed by atoms with E-state index in [1.165, 1.54) is 0 Å². The van der Waals surface area contributed by atoms with E-state index in [4.69, 9.17) is 11.6 Å². The van der Waals surface area contributed by atoms with Gasteiger partial charge in [-0.3, -0.25) is 9.59 Å². The zero-order valence-corrected chi connectivity index (χ0v) is 13.6. The molecule has 1 heterocycles. The molecule has 1 aromatic carbocycles. The van der Waals surface area contributed by atoms with Gasteiger partial charge < -0.3 is 15.1 Å². The van der Waals surface area contributed by atoms with Crippen molar-refractivity contribution in [2.45, 2.75) is 13.3 Å². The van der Waals surface area contributed by atoms with Crippen molar-refractivity contribution in [3.8, 4) is 0 Å². The minimum atomic E-state index is -0.521. The molecule has 0 radical (unpaired) electrons. The van der Waals surface area contributed by atoms with Crippen LogP contribution in [0, 0.1) is 0 Å². The predicted molar refractivity (Wildman–Crippen MR) is 86.9 cm³/mol. The van der Waals surface area contributed by atoms with Crippen LogP contribution in [-0.2, 0) is 16.0 Å². The molecule has 1 N–H and O–H groups in total. The summed E-state index contributed by atoms with van der Waals surface area (Å²) in [4.78, 5) is 27.9. The van der Waals surface area contributed by atoms with Crippen LogP contribution < -0.4 is 5.32 Å². The largest absolute Gasteiger partial charge is 0.347 e. The van der Waals surface area contributed by atoms with E-state index < -0.39 is 11.8 Å². The Morgan fingerprint density at radius 1 is 1.23 bits per heavy atom. The molecule has 0 unspecified atom stereocenters. The molecule has 0 aromatic heterocycles. The number of hydrogen-bond acceptors (Lipinski definition) is 3. The van der Waals surface area contributed by atoms with Crippen molar-refractivity contribution in [1.82, 2.24) is 15.1 Å². The van der Waals surface area contributed by atoms with Gasteiger partial charge in [-0.15, -0.1) is 0 Å². The number of carbonyl (C=O) groups is 2. The number of piperazine rings is 1. The van der Waals surface area contributed by atoms with E-state index in [-0.39, 0.29) is 0 Å². The molecule has 1 aliphatic rings. The van der Waals surface area contributed by atoms with Gasteiger partial charge in [-0.2, -0.15) is 0 Å². The Morgan fingerprint density at radius 2 is 1.95 bits per heavy atom. The Labute approximate surface area is 136 Å². The number of likely N-dealkylation sites (N-methyl/N-ethyl adjacent to an activating group) is 1. The number of halogens is 1. The molecule has 1 aromatic rings. The summed E-state index contributed by atoms with van der Waals surface area (Å²) in [5.74, 6) is -0.950. The molecule has 1 aliphatic heterocycles. The van der Waals surface area contributed by atoms with E-state index in [1.54, 1.807) is 4.90 Å². The highest BCUT2D eigenvalue weighted by atomic mass is 35.5. The van der Waals surface area contributed by atoms with Gasteiger partial charge in [0.15, 0.2) is 0 Å². The Balaban J connectivity index is 1.74. The first-order valence-electron chi connectivity index (χ1n) is 7.64. The van der Waals surface area contributed by atoms with Crippen LogP contribution in [0.1, 0.15) is 12.5 Å². The monoisotopic (exact) mass is 323 g/mol. The van der Waals surface area contributed by atoms with Gasteiger partial charge in [-0.25, -0.2) is 0 Å². The number of benzene rings is 1. The average Bonchev–Trinajstić information content (AvgIpc) is 2.54. The lowest BCUT2D eigenvalue weighted by molar-refractivity contribution is -0.146. The molecular weight excluding hydrogens is 302 g/mol. The van der Waals surface area contributed by atoms with Crippen molar-refractivity contribution < 1.29 is 9.59 Å². The van der Waals surface area contributed by atoms with Crippen LogP contribution in [0.25, 0.3) is 0 Å². The van der Waals surface area contributed by atoms with Crippen LogP contribution in [0.15, 0.2) is 24.3 Å². The van der Waals surface area contributed by atoms with E-state index in [0.29, 0.717) is 31.1 Å². The number of nitrogens with one attached hydrogen (secondary N) is 1. The fourth-order valence-corrected chi connectivity index (χ4v) is 2.71. The molecule has 0 saturated carbocycles. The second-order valence-corrected chi connectivity index (χ2v) is 5.80. The van der Waals surface area contributed by atoms with Crippen molar-refractivity contribution in [2.24, 2.45) is 0 Å². The van der Waals surface area contributed by atoms with E-state index in [0.717, 1.165) is 25.2 Å². The predicted octanol–water partition coefficient (Wildman–Crippen LogP) is 1.16. The van der Waals surface area contributed by atoms with Gasteiger partial charge in [-0.05, 0) is 30.7 Å². The second-order valence-electron chi connectivity index (χ2n) is 5.36. The normalized spacial score (nSPS) is 15.6. The number of rotatable bonds is 4. The topological polar surface area (TPSA) is 52.7 Å². The molecule has 6 heteroatoms. The van der Waals surface area contributed by atoms with Gasteiger partial charge in [0.05, 0.1) is 0 Å². The second kappa shape index (κ2) is 8.15. The fraction of sp³-hybridized carbons (Fsp3) is 0.500. The van der Waals surface area contributed by atoms with Crippen LogP contribution in [-0.4, -0.2) is 60.9 Å². The molecule has 22 heavy (non-hydrogen) atoms. The maximum absolute atomic E-state index is 12.1. The summed E-state index contributed by atoms with van der Waals surface area (Å²) in [6, 6.07) is 7.49. The quantitative estimate of drug-likeness (QED) is 0.846. The summed E-state index contributed by atoms with van der Waals surface area (Å²) in [6.07, 6.45) is 0.656. The SMILES string of the molecule is CCN1CCN(C(=O)C(=O)NCCc2cccc(Cl)c2)CC1. The molecular formula is C16H22ClN3O2. The minimum absolute atomic E-state index is 0.429. The molecule has 0 aliphatic carbocycles. The van der Waals surface area contributed by atoms with Crippen molar-refractivity contribution >= 4 is 23.4 Å². The van der Waals surface area contributed by atoms with E-state index in [2.05, 4.69) is 17.1 Å². The summed E-state index contributed by atoms with van der Waals surface area (Å²) in [5.41, 5.74) is 1.04. The highest BCUT2D eigenvalue weighted by molar-refractivity contribution is 6.35. The molecule has 120 valence electrons. The standard InChI is InChI=1S/C16H22ClN3O2/c1-2-19-8-10-20(11-9-19)16(22)15(21)18-7-6-13-4-3-5-14(17)12-13/h3-5,12H,2,6-11H2,1H3,(H,18,21). The van der Waals surface area contributed by atoms with Crippen LogP contribution in [0.5, 0.6) is 0 Å². The third-order valence-electron chi connectivity index (χ3n) is 3.89. The number of hydrogen-bond donors (Lipinski definition) is 1. The molecule has 0 bridgehead atoms. The average molecular weight is 324 g/mol. The first kappa shape index (κ1) is 16.8. The van der Waals surface area contributed by atoms with E-state index >= 15 is 0 Å². The summed E-state index contributed by atoms with van der Waals surface area (Å²) in [7, 11) is 0. The zero-order valence-electron chi connectivity index (χ0n) is 12.8. The highest BCUT2D eigenvalue weighted by Gasteiger charge is 2.24. The van der Waals surface area contributed by atoms with Crippen LogP contribution >= 0.6 is 11.6 Å². The summed E-state index contributed by atoms with van der Waals surface area (Å²) < 4.78 is 0. The van der Waals surface area contributed by atoms with Crippen molar-refractivity contribution in [3.63, 3.8) is 0 Å². The zero-order chi connectivity index (χ0) is 15.9. The maximum Gasteiger partial charge on any atom is 0.311 e. The number of nitrogens with zero attached hydrogens (tertiary/aromatic N) is 2. The first-order chi connectivity index (χ1) is 10.6. The van der Waals surface area contributed by atoms with Gasteiger partial charge >= 0.3 is 11.8 Å². The smallest absolute Gasteiger partial charge is 0.311 e. The Morgan fingerprint density at radius 3 is 2.59 bits per heavy atom. The molecule has 0 atom stereocenters. The van der Waals surface area contributed by atoms with Gasteiger partial charge in [0, 0.05) is 37.7 Å². The van der Waals surface area contributed by atoms with Gasteiger partial charge in [0.1, 0.15) is 0 Å². The third kappa shape index (κ3) is 4.71. The van der Waals surface area contributed by atoms with Crippen molar-refractivity contribution in [2.75, 3.05) is 39.3 Å². The Bertz CT molecular complexity index is 528. The van der Waals surface area contributed by atoms with Crippen LogP contribution in [0.2, 0.25) is 5.02 Å². The summed E-state index contributed by atoms with van der Waals surface area (Å²) in [5, 5.41) is 3.36. The highest BCUT2D eigenvalue weighted by Crippen LogP contribution is 2.10. The van der Waals surface area contributed by atoms with Gasteiger partial charge in [-0.1, -0.05) is 30.7 Å². The minimum Gasteiger partial charge on any atom is -0.347 e. The summed E-state index contributed by atoms with van der Waals surface area (Å²) >= 11 is 5.91. The lowest BCUT2D eigenvalue weighted by Gasteiger charge is -2.33. The molecule has 1 fully saturated rings. The summed E-state index contributed by atoms with van der Waals surface area (Å²) in [6.45, 7) is 6.41. The van der Waals surface area contributed by atoms with Gasteiger partial charge in [0.2, 0.25) is 0 Å². The third-order valence-corrected chi connectivity index (χ3v) is 4.12. The molecule has 1 saturated heterocycles. The van der Waals surface area contributed by atoms with Crippen molar-refractivity contribution in [1.29, 1.82) is 0 Å². The first-order valence-corrected chi connectivity index (χ1v) is 8.02. The lowest BCUT2D eigenvalue weighted by atomic mass is 10.1. The van der Waals surface area contributed by atoms with E-state index in [9.17, 15) is 9.59 Å². The van der Waals surface area contributed by atoms with Crippen LogP contribution in [0.4, 0.5) is 0 Å². The van der Waals surface area contributed by atoms with Crippen LogP contribution in [0.3, 0.4) is 0 Å². The lowest BCUT2D eigenvalue weighted by Crippen LogP contribution is -2.52. The molecule has 0 spiro atoms. The fourth-order valence-electron chi connectivity index (χ4n) is 2.50. The molecule has 5 nitrogen and oxygen atoms in total. The number of amides is 2. The Kier molecular flexibility index (Phi) is 6.21.